The second kappa shape index (κ2) is 8.52. The number of hydrogen-bond donors (Lipinski definition) is 1. The molecule has 3 rings (SSSR count). The monoisotopic (exact) mass is 487 g/mol. The van der Waals surface area contributed by atoms with Gasteiger partial charge in [0.15, 0.2) is 5.69 Å². The Balaban J connectivity index is 2.11. The Kier molecular flexibility index (Phi) is 6.22. The van der Waals surface area contributed by atoms with Crippen molar-refractivity contribution in [3.8, 4) is 11.1 Å². The standard InChI is InChI=1S/C19H14BrF4N3O3/c1-30-8-6-25-17(28)12-5-4-10(9-13(12)21)11-3-2-7-27-16(11)26-15(19(22,23)24)14(20)18(27)29/h2-5,7,9H,6,8H2,1H3,(H,25,28). The highest BCUT2D eigenvalue weighted by Gasteiger charge is 2.37. The number of ether oxygens (including phenoxy) is 1. The van der Waals surface area contributed by atoms with Crippen LogP contribution in [0.1, 0.15) is 16.1 Å². The number of carbonyl (C=O) groups excluding carboxylic acids is 1. The summed E-state index contributed by atoms with van der Waals surface area (Å²) in [4.78, 5) is 28.0. The van der Waals surface area contributed by atoms with E-state index in [0.29, 0.717) is 0 Å². The van der Waals surface area contributed by atoms with Gasteiger partial charge in [0.2, 0.25) is 0 Å². The number of amides is 1. The molecule has 1 amide bonds. The summed E-state index contributed by atoms with van der Waals surface area (Å²) in [6.45, 7) is 0.431. The average molecular weight is 488 g/mol. The van der Waals surface area contributed by atoms with Gasteiger partial charge in [-0.25, -0.2) is 9.37 Å². The molecule has 1 aromatic carbocycles. The Hall–Kier alpha value is -2.79. The van der Waals surface area contributed by atoms with Crippen molar-refractivity contribution in [2.75, 3.05) is 20.3 Å². The zero-order chi connectivity index (χ0) is 22.1. The molecule has 0 saturated heterocycles. The van der Waals surface area contributed by atoms with Gasteiger partial charge in [-0.3, -0.25) is 14.0 Å². The van der Waals surface area contributed by atoms with Crippen LogP contribution >= 0.6 is 15.9 Å². The Morgan fingerprint density at radius 1 is 1.30 bits per heavy atom. The molecule has 6 nitrogen and oxygen atoms in total. The molecule has 11 heteroatoms. The lowest BCUT2D eigenvalue weighted by molar-refractivity contribution is -0.141. The van der Waals surface area contributed by atoms with Gasteiger partial charge in [-0.1, -0.05) is 6.07 Å². The van der Waals surface area contributed by atoms with Gasteiger partial charge in [-0.05, 0) is 45.8 Å². The van der Waals surface area contributed by atoms with Crippen LogP contribution in [0.4, 0.5) is 17.6 Å². The summed E-state index contributed by atoms with van der Waals surface area (Å²) in [6.07, 6.45) is -3.61. The van der Waals surface area contributed by atoms with Crippen molar-refractivity contribution in [1.82, 2.24) is 14.7 Å². The largest absolute Gasteiger partial charge is 0.434 e. The lowest BCUT2D eigenvalue weighted by atomic mass is 10.0. The molecule has 0 spiro atoms. The summed E-state index contributed by atoms with van der Waals surface area (Å²) in [7, 11) is 1.45. The maximum Gasteiger partial charge on any atom is 0.434 e. The van der Waals surface area contributed by atoms with Crippen molar-refractivity contribution >= 4 is 27.5 Å². The molecule has 2 heterocycles. The van der Waals surface area contributed by atoms with Crippen LogP contribution < -0.4 is 10.9 Å². The molecule has 0 aliphatic rings. The summed E-state index contributed by atoms with van der Waals surface area (Å²) in [6, 6.07) is 6.41. The van der Waals surface area contributed by atoms with Gasteiger partial charge in [-0.15, -0.1) is 0 Å². The van der Waals surface area contributed by atoms with Crippen LogP contribution in [-0.4, -0.2) is 35.6 Å². The van der Waals surface area contributed by atoms with Gasteiger partial charge in [0.25, 0.3) is 11.5 Å². The molecule has 158 valence electrons. The number of fused-ring (bicyclic) bond motifs is 1. The lowest BCUT2D eigenvalue weighted by Gasteiger charge is -2.13. The Labute approximate surface area is 175 Å². The maximum atomic E-state index is 14.5. The highest BCUT2D eigenvalue weighted by Crippen LogP contribution is 2.33. The zero-order valence-electron chi connectivity index (χ0n) is 15.4. The van der Waals surface area contributed by atoms with Crippen molar-refractivity contribution in [3.05, 3.63) is 68.4 Å². The highest BCUT2D eigenvalue weighted by molar-refractivity contribution is 9.10. The summed E-state index contributed by atoms with van der Waals surface area (Å²) in [5.41, 5.74) is -2.62. The predicted molar refractivity (Wildman–Crippen MR) is 104 cm³/mol. The van der Waals surface area contributed by atoms with E-state index in [9.17, 15) is 27.2 Å². The van der Waals surface area contributed by atoms with Gasteiger partial charge >= 0.3 is 6.18 Å². The van der Waals surface area contributed by atoms with Gasteiger partial charge in [0, 0.05) is 25.4 Å². The molecule has 0 fully saturated rings. The number of halogens is 5. The maximum absolute atomic E-state index is 14.5. The Bertz CT molecular complexity index is 1180. The summed E-state index contributed by atoms with van der Waals surface area (Å²) < 4.78 is 59.4. The fraction of sp³-hybridized carbons (Fsp3) is 0.211. The van der Waals surface area contributed by atoms with Crippen molar-refractivity contribution in [3.63, 3.8) is 0 Å². The molecule has 30 heavy (non-hydrogen) atoms. The number of nitrogens with one attached hydrogen (secondary N) is 1. The quantitative estimate of drug-likeness (QED) is 0.440. The summed E-state index contributed by atoms with van der Waals surface area (Å²) in [5.74, 6) is -1.54. The molecule has 3 aromatic rings. The van der Waals surface area contributed by atoms with E-state index in [0.717, 1.165) is 10.5 Å². The predicted octanol–water partition coefficient (Wildman–Crippen LogP) is 3.66. The van der Waals surface area contributed by atoms with Gasteiger partial charge in [0.1, 0.15) is 15.9 Å². The van der Waals surface area contributed by atoms with Gasteiger partial charge < -0.3 is 10.1 Å². The first kappa shape index (κ1) is 21.9. The molecule has 0 unspecified atom stereocenters. The van der Waals surface area contributed by atoms with Gasteiger partial charge in [-0.2, -0.15) is 13.2 Å². The Morgan fingerprint density at radius 3 is 2.67 bits per heavy atom. The number of nitrogens with zero attached hydrogens (tertiary/aromatic N) is 2. The minimum absolute atomic E-state index is 0.0952. The number of rotatable bonds is 5. The third-order valence-corrected chi connectivity index (χ3v) is 4.90. The van der Waals surface area contributed by atoms with E-state index in [2.05, 4.69) is 26.2 Å². The molecule has 2 aromatic heterocycles. The second-order valence-corrected chi connectivity index (χ2v) is 6.93. The number of aromatic nitrogens is 2. The molecule has 0 atom stereocenters. The van der Waals surface area contributed by atoms with E-state index in [4.69, 9.17) is 4.74 Å². The number of alkyl halides is 3. The smallest absolute Gasteiger partial charge is 0.383 e. The van der Waals surface area contributed by atoms with E-state index in [-0.39, 0.29) is 35.5 Å². The van der Waals surface area contributed by atoms with Crippen LogP contribution in [0.15, 0.2) is 45.8 Å². The molecule has 0 aliphatic heterocycles. The Morgan fingerprint density at radius 2 is 2.03 bits per heavy atom. The summed E-state index contributed by atoms with van der Waals surface area (Å²) in [5, 5.41) is 2.48. The number of carbonyl (C=O) groups is 1. The number of methoxy groups -OCH3 is 1. The molecule has 1 N–H and O–H groups in total. The minimum atomic E-state index is -4.87. The number of pyridine rings is 1. The molecular weight excluding hydrogens is 474 g/mol. The third kappa shape index (κ3) is 4.21. The second-order valence-electron chi connectivity index (χ2n) is 6.14. The van der Waals surface area contributed by atoms with Crippen LogP contribution in [0.25, 0.3) is 16.8 Å². The zero-order valence-corrected chi connectivity index (χ0v) is 17.0. The van der Waals surface area contributed by atoms with E-state index in [1.807, 2.05) is 0 Å². The number of hydrogen-bond acceptors (Lipinski definition) is 4. The van der Waals surface area contributed by atoms with E-state index < -0.39 is 33.6 Å². The molecule has 0 saturated carbocycles. The first-order valence-corrected chi connectivity index (χ1v) is 9.29. The van der Waals surface area contributed by atoms with E-state index in [1.54, 1.807) is 0 Å². The fourth-order valence-electron chi connectivity index (χ4n) is 2.78. The first-order valence-electron chi connectivity index (χ1n) is 8.50. The van der Waals surface area contributed by atoms with Crippen LogP contribution in [0.3, 0.4) is 0 Å². The van der Waals surface area contributed by atoms with Crippen LogP contribution in [0.2, 0.25) is 0 Å². The normalized spacial score (nSPS) is 11.7. The van der Waals surface area contributed by atoms with Crippen molar-refractivity contribution in [1.29, 1.82) is 0 Å². The molecule has 0 radical (unpaired) electrons. The SMILES string of the molecule is COCCNC(=O)c1ccc(-c2cccn3c(=O)c(Br)c(C(F)(F)F)nc23)cc1F. The van der Waals surface area contributed by atoms with Crippen LogP contribution in [0, 0.1) is 5.82 Å². The average Bonchev–Trinajstić information content (AvgIpc) is 2.69. The van der Waals surface area contributed by atoms with Crippen LogP contribution in [0.5, 0.6) is 0 Å². The van der Waals surface area contributed by atoms with E-state index >= 15 is 0 Å². The third-order valence-electron chi connectivity index (χ3n) is 4.18. The fourth-order valence-corrected chi connectivity index (χ4v) is 3.29. The lowest BCUT2D eigenvalue weighted by Crippen LogP contribution is -2.27. The minimum Gasteiger partial charge on any atom is -0.383 e. The van der Waals surface area contributed by atoms with Crippen LogP contribution in [-0.2, 0) is 10.9 Å². The van der Waals surface area contributed by atoms with Crippen molar-refractivity contribution < 1.29 is 27.1 Å². The highest BCUT2D eigenvalue weighted by atomic mass is 79.9. The first-order chi connectivity index (χ1) is 14.1. The molecule has 0 bridgehead atoms. The molecular formula is C19H14BrF4N3O3. The van der Waals surface area contributed by atoms with Crippen molar-refractivity contribution in [2.45, 2.75) is 6.18 Å². The topological polar surface area (TPSA) is 72.7 Å². The molecule has 0 aliphatic carbocycles. The van der Waals surface area contributed by atoms with Crippen molar-refractivity contribution in [2.24, 2.45) is 0 Å². The summed E-state index contributed by atoms with van der Waals surface area (Å²) >= 11 is 2.65. The van der Waals surface area contributed by atoms with E-state index in [1.165, 1.54) is 37.6 Å². The number of benzene rings is 1. The van der Waals surface area contributed by atoms with Gasteiger partial charge in [0.05, 0.1) is 12.2 Å².